The normalized spacial score (nSPS) is 15.4. The van der Waals surface area contributed by atoms with Crippen LogP contribution in [-0.2, 0) is 10.0 Å². The van der Waals surface area contributed by atoms with Gasteiger partial charge in [0, 0.05) is 44.1 Å². The molecule has 3 heterocycles. The Labute approximate surface area is 179 Å². The Balaban J connectivity index is 1.46. The maximum absolute atomic E-state index is 12.9. The van der Waals surface area contributed by atoms with Crippen molar-refractivity contribution in [3.8, 4) is 11.3 Å². The third kappa shape index (κ3) is 4.06. The van der Waals surface area contributed by atoms with E-state index in [-0.39, 0.29) is 14.9 Å². The van der Waals surface area contributed by atoms with E-state index in [0.717, 1.165) is 11.3 Å². The summed E-state index contributed by atoms with van der Waals surface area (Å²) in [6, 6.07) is 12.1. The first kappa shape index (κ1) is 20.0. The van der Waals surface area contributed by atoms with Gasteiger partial charge in [-0.25, -0.2) is 8.42 Å². The van der Waals surface area contributed by atoms with E-state index < -0.39 is 10.0 Å². The number of pyridine rings is 1. The van der Waals surface area contributed by atoms with E-state index in [1.807, 2.05) is 29.2 Å². The number of aromatic nitrogens is 3. The first-order valence-corrected chi connectivity index (χ1v) is 11.1. The van der Waals surface area contributed by atoms with E-state index in [0.29, 0.717) is 32.0 Å². The van der Waals surface area contributed by atoms with Gasteiger partial charge in [0.1, 0.15) is 4.90 Å². The van der Waals surface area contributed by atoms with Gasteiger partial charge in [-0.1, -0.05) is 29.3 Å². The SMILES string of the molecule is O=S(=O)(c1cccc(Cl)c1Cl)N1CCN(c2ccc(-c3cccnc3)nn2)CC1. The van der Waals surface area contributed by atoms with E-state index in [1.54, 1.807) is 24.5 Å². The standard InChI is InChI=1S/C19H17Cl2N5O2S/c20-15-4-1-5-17(19(15)21)29(27,28)26-11-9-25(10-12-26)18-7-6-16(23-24-18)14-3-2-8-22-13-14/h1-8,13H,9-12H2. The lowest BCUT2D eigenvalue weighted by atomic mass is 10.2. The molecule has 0 amide bonds. The lowest BCUT2D eigenvalue weighted by Gasteiger charge is -2.34. The van der Waals surface area contributed by atoms with Gasteiger partial charge in [-0.05, 0) is 36.4 Å². The largest absolute Gasteiger partial charge is 0.352 e. The van der Waals surface area contributed by atoms with Gasteiger partial charge in [0.15, 0.2) is 5.82 Å². The number of benzene rings is 1. The van der Waals surface area contributed by atoms with Crippen molar-refractivity contribution in [2.45, 2.75) is 4.90 Å². The molecular weight excluding hydrogens is 433 g/mol. The molecule has 1 aromatic carbocycles. The summed E-state index contributed by atoms with van der Waals surface area (Å²) in [7, 11) is -3.72. The Hall–Kier alpha value is -2.26. The number of nitrogens with zero attached hydrogens (tertiary/aromatic N) is 5. The van der Waals surface area contributed by atoms with E-state index in [9.17, 15) is 8.42 Å². The molecular formula is C19H17Cl2N5O2S. The topological polar surface area (TPSA) is 79.3 Å². The van der Waals surface area contributed by atoms with Crippen molar-refractivity contribution in [2.75, 3.05) is 31.1 Å². The Kier molecular flexibility index (Phi) is 5.69. The summed E-state index contributed by atoms with van der Waals surface area (Å²) in [6.07, 6.45) is 3.43. The first-order chi connectivity index (χ1) is 14.0. The van der Waals surface area contributed by atoms with Gasteiger partial charge in [-0.2, -0.15) is 4.31 Å². The minimum Gasteiger partial charge on any atom is -0.352 e. The van der Waals surface area contributed by atoms with E-state index in [1.165, 1.54) is 10.4 Å². The summed E-state index contributed by atoms with van der Waals surface area (Å²) in [6.45, 7) is 1.63. The lowest BCUT2D eigenvalue weighted by Crippen LogP contribution is -2.49. The summed E-state index contributed by atoms with van der Waals surface area (Å²) in [5, 5.41) is 8.82. The molecule has 1 aliphatic heterocycles. The van der Waals surface area contributed by atoms with Gasteiger partial charge in [0.05, 0.1) is 15.7 Å². The number of piperazine rings is 1. The summed E-state index contributed by atoms with van der Waals surface area (Å²) >= 11 is 12.1. The predicted octanol–water partition coefficient (Wildman–Crippen LogP) is 3.36. The molecule has 1 aliphatic rings. The summed E-state index contributed by atoms with van der Waals surface area (Å²) < 4.78 is 27.3. The van der Waals surface area contributed by atoms with Gasteiger partial charge in [-0.3, -0.25) is 4.98 Å². The Bertz CT molecular complexity index is 1100. The number of hydrogen-bond acceptors (Lipinski definition) is 6. The fraction of sp³-hybridized carbons (Fsp3) is 0.211. The molecule has 0 aliphatic carbocycles. The molecule has 29 heavy (non-hydrogen) atoms. The van der Waals surface area contributed by atoms with Crippen LogP contribution in [0, 0.1) is 0 Å². The molecule has 0 bridgehead atoms. The highest BCUT2D eigenvalue weighted by Crippen LogP contribution is 2.31. The van der Waals surface area contributed by atoms with Gasteiger partial charge >= 0.3 is 0 Å². The van der Waals surface area contributed by atoms with Crippen molar-refractivity contribution < 1.29 is 8.42 Å². The van der Waals surface area contributed by atoms with Crippen LogP contribution in [0.5, 0.6) is 0 Å². The van der Waals surface area contributed by atoms with Crippen molar-refractivity contribution in [1.82, 2.24) is 19.5 Å². The first-order valence-electron chi connectivity index (χ1n) is 8.90. The third-order valence-electron chi connectivity index (χ3n) is 4.70. The number of halogens is 2. The molecule has 150 valence electrons. The molecule has 0 spiro atoms. The maximum Gasteiger partial charge on any atom is 0.244 e. The molecule has 1 fully saturated rings. The minimum absolute atomic E-state index is 0.0285. The van der Waals surface area contributed by atoms with Crippen LogP contribution in [0.4, 0.5) is 5.82 Å². The third-order valence-corrected chi connectivity index (χ3v) is 7.58. The second kappa shape index (κ2) is 8.23. The predicted molar refractivity (Wildman–Crippen MR) is 113 cm³/mol. The monoisotopic (exact) mass is 449 g/mol. The molecule has 0 radical (unpaired) electrons. The Morgan fingerprint density at radius 1 is 0.897 bits per heavy atom. The molecule has 7 nitrogen and oxygen atoms in total. The zero-order chi connectivity index (χ0) is 20.4. The van der Waals surface area contributed by atoms with Crippen LogP contribution >= 0.6 is 23.2 Å². The van der Waals surface area contributed by atoms with Crippen molar-refractivity contribution in [1.29, 1.82) is 0 Å². The molecule has 4 rings (SSSR count). The van der Waals surface area contributed by atoms with Crippen LogP contribution in [0.3, 0.4) is 0 Å². The van der Waals surface area contributed by atoms with Crippen molar-refractivity contribution in [2.24, 2.45) is 0 Å². The molecule has 0 unspecified atom stereocenters. The number of anilines is 1. The Morgan fingerprint density at radius 3 is 2.34 bits per heavy atom. The molecule has 3 aromatic rings. The fourth-order valence-electron chi connectivity index (χ4n) is 3.14. The maximum atomic E-state index is 12.9. The average molecular weight is 450 g/mol. The molecule has 0 saturated carbocycles. The Morgan fingerprint density at radius 2 is 1.69 bits per heavy atom. The fourth-order valence-corrected chi connectivity index (χ4v) is 5.30. The van der Waals surface area contributed by atoms with E-state index in [4.69, 9.17) is 23.2 Å². The highest BCUT2D eigenvalue weighted by molar-refractivity contribution is 7.89. The zero-order valence-electron chi connectivity index (χ0n) is 15.2. The smallest absolute Gasteiger partial charge is 0.244 e. The van der Waals surface area contributed by atoms with Crippen LogP contribution in [-0.4, -0.2) is 54.1 Å². The molecule has 0 atom stereocenters. The van der Waals surface area contributed by atoms with Gasteiger partial charge in [0.2, 0.25) is 10.0 Å². The van der Waals surface area contributed by atoms with Crippen LogP contribution < -0.4 is 4.90 Å². The van der Waals surface area contributed by atoms with Crippen LogP contribution in [0.15, 0.2) is 59.8 Å². The quantitative estimate of drug-likeness (QED) is 0.607. The number of hydrogen-bond donors (Lipinski definition) is 0. The highest BCUT2D eigenvalue weighted by Gasteiger charge is 2.31. The number of rotatable bonds is 4. The highest BCUT2D eigenvalue weighted by atomic mass is 35.5. The lowest BCUT2D eigenvalue weighted by molar-refractivity contribution is 0.383. The summed E-state index contributed by atoms with van der Waals surface area (Å²) in [5.74, 6) is 0.704. The van der Waals surface area contributed by atoms with Gasteiger partial charge in [0.25, 0.3) is 0 Å². The minimum atomic E-state index is -3.72. The number of sulfonamides is 1. The van der Waals surface area contributed by atoms with Gasteiger partial charge < -0.3 is 4.90 Å². The van der Waals surface area contributed by atoms with Crippen LogP contribution in [0.2, 0.25) is 10.0 Å². The summed E-state index contributed by atoms with van der Waals surface area (Å²) in [5.41, 5.74) is 1.62. The molecule has 0 N–H and O–H groups in total. The molecule has 2 aromatic heterocycles. The average Bonchev–Trinajstić information content (AvgIpc) is 2.76. The van der Waals surface area contributed by atoms with Gasteiger partial charge in [-0.15, -0.1) is 10.2 Å². The van der Waals surface area contributed by atoms with Crippen molar-refractivity contribution >= 4 is 39.0 Å². The zero-order valence-corrected chi connectivity index (χ0v) is 17.6. The second-order valence-electron chi connectivity index (χ2n) is 6.46. The van der Waals surface area contributed by atoms with Crippen molar-refractivity contribution in [3.05, 3.63) is 64.9 Å². The van der Waals surface area contributed by atoms with Crippen LogP contribution in [0.1, 0.15) is 0 Å². The van der Waals surface area contributed by atoms with E-state index >= 15 is 0 Å². The van der Waals surface area contributed by atoms with Crippen molar-refractivity contribution in [3.63, 3.8) is 0 Å². The molecule has 10 heteroatoms. The van der Waals surface area contributed by atoms with Crippen LogP contribution in [0.25, 0.3) is 11.3 Å². The summed E-state index contributed by atoms with van der Waals surface area (Å²) in [4.78, 5) is 6.12. The van der Waals surface area contributed by atoms with E-state index in [2.05, 4.69) is 15.2 Å². The molecule has 1 saturated heterocycles. The second-order valence-corrected chi connectivity index (χ2v) is 9.15.